The van der Waals surface area contributed by atoms with Crippen molar-refractivity contribution in [2.45, 2.75) is 6.92 Å². The first-order valence-electron chi connectivity index (χ1n) is 10.3. The van der Waals surface area contributed by atoms with Crippen molar-refractivity contribution in [1.29, 1.82) is 0 Å². The van der Waals surface area contributed by atoms with E-state index in [2.05, 4.69) is 52.6 Å². The van der Waals surface area contributed by atoms with E-state index < -0.39 is 5.76 Å². The minimum atomic E-state index is -0.485. The van der Waals surface area contributed by atoms with Crippen molar-refractivity contribution in [1.82, 2.24) is 30.0 Å². The molecule has 4 heterocycles. The molecule has 0 amide bonds. The second-order valence-electron chi connectivity index (χ2n) is 7.77. The predicted molar refractivity (Wildman–Crippen MR) is 122 cm³/mol. The van der Waals surface area contributed by atoms with Crippen LogP contribution in [0, 0.1) is 6.92 Å². The molecule has 11 nitrogen and oxygen atoms in total. The minimum Gasteiger partial charge on any atom is -0.408 e. The summed E-state index contributed by atoms with van der Waals surface area (Å²) in [5, 5.41) is 15.0. The van der Waals surface area contributed by atoms with E-state index >= 15 is 0 Å². The van der Waals surface area contributed by atoms with Crippen LogP contribution in [0.2, 0.25) is 0 Å². The fourth-order valence-electron chi connectivity index (χ4n) is 3.51. The predicted octanol–water partition coefficient (Wildman–Crippen LogP) is 2.25. The molecule has 0 radical (unpaired) electrons. The van der Waals surface area contributed by atoms with E-state index in [9.17, 15) is 4.79 Å². The van der Waals surface area contributed by atoms with E-state index in [0.29, 0.717) is 28.7 Å². The number of rotatable bonds is 5. The Morgan fingerprint density at radius 3 is 2.69 bits per heavy atom. The molecule has 0 spiro atoms. The quantitative estimate of drug-likeness (QED) is 0.431. The van der Waals surface area contributed by atoms with Crippen LogP contribution in [0.4, 0.5) is 29.1 Å². The summed E-state index contributed by atoms with van der Waals surface area (Å²) in [5.74, 6) is 1.98. The van der Waals surface area contributed by atoms with Gasteiger partial charge in [-0.15, -0.1) is 10.2 Å². The van der Waals surface area contributed by atoms with Crippen LogP contribution >= 0.6 is 0 Å². The van der Waals surface area contributed by atoms with Gasteiger partial charge in [-0.3, -0.25) is 4.98 Å². The molecule has 1 aliphatic rings. The van der Waals surface area contributed by atoms with E-state index in [1.54, 1.807) is 18.3 Å². The zero-order valence-electron chi connectivity index (χ0n) is 17.8. The molecule has 11 heteroatoms. The number of hydrogen-bond acceptors (Lipinski definition) is 10. The lowest BCUT2D eigenvalue weighted by Gasteiger charge is -2.32. The normalized spacial score (nSPS) is 14.6. The molecular formula is C21H23N9O2. The van der Waals surface area contributed by atoms with E-state index in [-0.39, 0.29) is 0 Å². The average molecular weight is 433 g/mol. The SMILES string of the molecule is Cc1cnc(Nc2ccc(N3CCN(C)CC3)nn2)nc1Nc1ccc2oc(=O)[nH]c2c1. The Labute approximate surface area is 183 Å². The van der Waals surface area contributed by atoms with Gasteiger partial charge in [0, 0.05) is 43.6 Å². The number of H-pyrrole nitrogens is 1. The number of nitrogens with zero attached hydrogens (tertiary/aromatic N) is 6. The third-order valence-electron chi connectivity index (χ3n) is 5.37. The van der Waals surface area contributed by atoms with Gasteiger partial charge in [-0.1, -0.05) is 0 Å². The highest BCUT2D eigenvalue weighted by Crippen LogP contribution is 2.23. The molecule has 1 aromatic carbocycles. The maximum Gasteiger partial charge on any atom is 0.417 e. The Balaban J connectivity index is 1.30. The molecule has 0 saturated carbocycles. The van der Waals surface area contributed by atoms with Crippen LogP contribution in [0.1, 0.15) is 5.56 Å². The summed E-state index contributed by atoms with van der Waals surface area (Å²) in [6.07, 6.45) is 1.72. The Kier molecular flexibility index (Phi) is 5.15. The number of likely N-dealkylation sites (N-methyl/N-ethyl adjacent to an activating group) is 1. The van der Waals surface area contributed by atoms with Crippen LogP contribution in [0.5, 0.6) is 0 Å². The molecular weight excluding hydrogens is 410 g/mol. The molecule has 5 rings (SSSR count). The van der Waals surface area contributed by atoms with Crippen molar-refractivity contribution in [2.24, 2.45) is 0 Å². The molecule has 0 unspecified atom stereocenters. The lowest BCUT2D eigenvalue weighted by molar-refractivity contribution is 0.312. The molecule has 1 fully saturated rings. The molecule has 1 aliphatic heterocycles. The largest absolute Gasteiger partial charge is 0.417 e. The Bertz CT molecular complexity index is 1290. The fourth-order valence-corrected chi connectivity index (χ4v) is 3.51. The average Bonchev–Trinajstić information content (AvgIpc) is 3.16. The van der Waals surface area contributed by atoms with E-state index in [1.807, 2.05) is 25.1 Å². The van der Waals surface area contributed by atoms with E-state index in [1.165, 1.54) is 0 Å². The number of oxazole rings is 1. The Hall–Kier alpha value is -3.99. The smallest absolute Gasteiger partial charge is 0.408 e. The second-order valence-corrected chi connectivity index (χ2v) is 7.77. The molecule has 3 N–H and O–H groups in total. The highest BCUT2D eigenvalue weighted by Gasteiger charge is 2.15. The van der Waals surface area contributed by atoms with Crippen LogP contribution in [0.15, 0.2) is 45.7 Å². The maximum atomic E-state index is 11.4. The molecule has 3 aromatic heterocycles. The van der Waals surface area contributed by atoms with Gasteiger partial charge in [0.2, 0.25) is 5.95 Å². The van der Waals surface area contributed by atoms with Crippen molar-refractivity contribution < 1.29 is 4.42 Å². The van der Waals surface area contributed by atoms with Crippen molar-refractivity contribution in [3.8, 4) is 0 Å². The summed E-state index contributed by atoms with van der Waals surface area (Å²) in [5.41, 5.74) is 2.74. The van der Waals surface area contributed by atoms with E-state index in [0.717, 1.165) is 43.2 Å². The lowest BCUT2D eigenvalue weighted by Crippen LogP contribution is -2.44. The number of aryl methyl sites for hydroxylation is 1. The zero-order chi connectivity index (χ0) is 22.1. The minimum absolute atomic E-state index is 0.401. The molecule has 1 saturated heterocycles. The molecule has 4 aromatic rings. The van der Waals surface area contributed by atoms with Crippen molar-refractivity contribution in [2.75, 3.05) is 48.8 Å². The zero-order valence-corrected chi connectivity index (χ0v) is 17.8. The number of aromatic amines is 1. The monoisotopic (exact) mass is 433 g/mol. The molecule has 0 bridgehead atoms. The number of nitrogens with one attached hydrogen (secondary N) is 3. The number of benzene rings is 1. The molecule has 0 atom stereocenters. The summed E-state index contributed by atoms with van der Waals surface area (Å²) < 4.78 is 5.04. The molecule has 0 aliphatic carbocycles. The third kappa shape index (κ3) is 4.23. The Morgan fingerprint density at radius 1 is 1.06 bits per heavy atom. The fraction of sp³-hybridized carbons (Fsp3) is 0.286. The van der Waals surface area contributed by atoms with Crippen molar-refractivity contribution in [3.05, 3.63) is 52.6 Å². The van der Waals surface area contributed by atoms with Crippen LogP contribution in [-0.2, 0) is 0 Å². The van der Waals surface area contributed by atoms with E-state index in [4.69, 9.17) is 4.42 Å². The lowest BCUT2D eigenvalue weighted by atomic mass is 10.2. The number of hydrogen-bond donors (Lipinski definition) is 3. The van der Waals surface area contributed by atoms with Gasteiger partial charge in [-0.05, 0) is 44.3 Å². The van der Waals surface area contributed by atoms with Gasteiger partial charge in [0.15, 0.2) is 17.2 Å². The first-order chi connectivity index (χ1) is 15.5. The summed E-state index contributed by atoms with van der Waals surface area (Å²) in [7, 11) is 2.12. The number of aromatic nitrogens is 5. The van der Waals surface area contributed by atoms with Gasteiger partial charge in [0.05, 0.1) is 5.52 Å². The Morgan fingerprint density at radius 2 is 1.91 bits per heavy atom. The van der Waals surface area contributed by atoms with Gasteiger partial charge >= 0.3 is 5.76 Å². The summed E-state index contributed by atoms with van der Waals surface area (Å²) in [6.45, 7) is 5.81. The molecule has 32 heavy (non-hydrogen) atoms. The third-order valence-corrected chi connectivity index (χ3v) is 5.37. The second kappa shape index (κ2) is 8.27. The topological polar surface area (TPSA) is 128 Å². The van der Waals surface area contributed by atoms with Crippen LogP contribution in [0.3, 0.4) is 0 Å². The van der Waals surface area contributed by atoms with Crippen molar-refractivity contribution in [3.63, 3.8) is 0 Å². The van der Waals surface area contributed by atoms with Gasteiger partial charge in [-0.25, -0.2) is 9.78 Å². The standard InChI is InChI=1S/C21H23N9O2/c1-13-12-22-20(25-17-5-6-18(28-27-17)30-9-7-29(2)8-10-30)26-19(13)23-14-3-4-16-15(11-14)24-21(31)32-16/h3-6,11-12H,7-10H2,1-2H3,(H,24,31)(H2,22,23,25,26,27). The first kappa shape index (κ1) is 19.9. The number of fused-ring (bicyclic) bond motifs is 1. The van der Waals surface area contributed by atoms with Gasteiger partial charge in [0.1, 0.15) is 5.82 Å². The summed E-state index contributed by atoms with van der Waals surface area (Å²) in [4.78, 5) is 27.4. The summed E-state index contributed by atoms with van der Waals surface area (Å²) in [6, 6.07) is 9.16. The van der Waals surface area contributed by atoms with Crippen LogP contribution in [-0.4, -0.2) is 63.3 Å². The van der Waals surface area contributed by atoms with Crippen LogP contribution in [0.25, 0.3) is 11.1 Å². The van der Waals surface area contributed by atoms with Gasteiger partial charge < -0.3 is 24.9 Å². The van der Waals surface area contributed by atoms with Crippen molar-refractivity contribution >= 4 is 40.2 Å². The number of anilines is 5. The summed E-state index contributed by atoms with van der Waals surface area (Å²) >= 11 is 0. The molecule has 164 valence electrons. The van der Waals surface area contributed by atoms with Gasteiger partial charge in [-0.2, -0.15) is 4.98 Å². The number of piperazine rings is 1. The first-order valence-corrected chi connectivity index (χ1v) is 10.3. The highest BCUT2D eigenvalue weighted by atomic mass is 16.4. The highest BCUT2D eigenvalue weighted by molar-refractivity contribution is 5.78. The van der Waals surface area contributed by atoms with Crippen LogP contribution < -0.4 is 21.3 Å². The van der Waals surface area contributed by atoms with Gasteiger partial charge in [0.25, 0.3) is 0 Å². The maximum absolute atomic E-state index is 11.4.